The molecule has 0 bridgehead atoms. The van der Waals surface area contributed by atoms with Crippen molar-refractivity contribution < 1.29 is 32.3 Å². The standard InChI is InChI=1S/C24H35F3N3O3.C3H8/c1-3-16-15-33-11-9-21(16)28-20-6-4-17(5-7-20)23(31)29-10-8-22-18(13-29)12-19(24(25,26)27)14-30(22)32-2;1-3-2/h12,14,16-17,20-21,28H,3-11,13,15H2,1-2H3;3H2,1-2H3/q+1;/t16-,17?,20?,21+;/m1./s1. The summed E-state index contributed by atoms with van der Waals surface area (Å²) in [7, 11) is 1.35. The van der Waals surface area contributed by atoms with Crippen molar-refractivity contribution in [3.05, 3.63) is 29.1 Å². The quantitative estimate of drug-likeness (QED) is 0.595. The van der Waals surface area contributed by atoms with E-state index in [9.17, 15) is 18.0 Å². The summed E-state index contributed by atoms with van der Waals surface area (Å²) in [5.74, 6) is 0.558. The molecular formula is C27H43F3N3O3+. The van der Waals surface area contributed by atoms with E-state index in [4.69, 9.17) is 9.57 Å². The first-order chi connectivity index (χ1) is 17.2. The summed E-state index contributed by atoms with van der Waals surface area (Å²) < 4.78 is 46.7. The zero-order valence-corrected chi connectivity index (χ0v) is 22.2. The molecular weight excluding hydrogens is 471 g/mol. The highest BCUT2D eigenvalue weighted by molar-refractivity contribution is 5.79. The Bertz CT molecular complexity index is 857. The van der Waals surface area contributed by atoms with Gasteiger partial charge < -0.3 is 15.0 Å². The molecule has 9 heteroatoms. The zero-order chi connectivity index (χ0) is 26.3. The second kappa shape index (κ2) is 13.1. The van der Waals surface area contributed by atoms with E-state index in [1.165, 1.54) is 18.3 Å². The van der Waals surface area contributed by atoms with Crippen LogP contribution in [0.1, 0.15) is 82.5 Å². The van der Waals surface area contributed by atoms with Crippen LogP contribution in [0.3, 0.4) is 0 Å². The van der Waals surface area contributed by atoms with Crippen LogP contribution in [-0.2, 0) is 28.7 Å². The van der Waals surface area contributed by atoms with Gasteiger partial charge in [0.15, 0.2) is 0 Å². The van der Waals surface area contributed by atoms with Gasteiger partial charge in [-0.25, -0.2) is 0 Å². The van der Waals surface area contributed by atoms with E-state index in [-0.39, 0.29) is 18.4 Å². The number of pyridine rings is 1. The molecule has 2 fully saturated rings. The maximum atomic E-state index is 13.3. The van der Waals surface area contributed by atoms with Gasteiger partial charge in [-0.2, -0.15) is 13.2 Å². The van der Waals surface area contributed by atoms with Crippen molar-refractivity contribution in [2.24, 2.45) is 11.8 Å². The lowest BCUT2D eigenvalue weighted by molar-refractivity contribution is -0.891. The third-order valence-electron chi connectivity index (χ3n) is 7.56. The van der Waals surface area contributed by atoms with E-state index in [1.807, 2.05) is 0 Å². The number of carbonyl (C=O) groups excluding carboxylic acids is 1. The lowest BCUT2D eigenvalue weighted by atomic mass is 9.83. The molecule has 0 unspecified atom stereocenters. The molecule has 1 aromatic heterocycles. The van der Waals surface area contributed by atoms with Crippen LogP contribution in [0.5, 0.6) is 0 Å². The fourth-order valence-corrected chi connectivity index (χ4v) is 5.58. The van der Waals surface area contributed by atoms with E-state index in [1.54, 1.807) is 4.90 Å². The fourth-order valence-electron chi connectivity index (χ4n) is 5.58. The first kappa shape index (κ1) is 28.7. The van der Waals surface area contributed by atoms with Crippen molar-refractivity contribution in [1.82, 2.24) is 10.2 Å². The molecule has 3 aliphatic rings. The largest absolute Gasteiger partial charge is 0.422 e. The van der Waals surface area contributed by atoms with Gasteiger partial charge in [0, 0.05) is 41.4 Å². The summed E-state index contributed by atoms with van der Waals surface area (Å²) in [4.78, 5) is 20.1. The van der Waals surface area contributed by atoms with Crippen molar-refractivity contribution in [2.75, 3.05) is 26.9 Å². The highest BCUT2D eigenvalue weighted by atomic mass is 19.4. The smallest absolute Gasteiger partial charge is 0.381 e. The number of carbonyl (C=O) groups is 1. The summed E-state index contributed by atoms with van der Waals surface area (Å²) in [6, 6.07) is 2.06. The third kappa shape index (κ3) is 7.12. The Morgan fingerprint density at radius 3 is 2.50 bits per heavy atom. The molecule has 4 rings (SSSR count). The number of fused-ring (bicyclic) bond motifs is 1. The monoisotopic (exact) mass is 514 g/mol. The van der Waals surface area contributed by atoms with Gasteiger partial charge in [-0.3, -0.25) is 9.63 Å². The Kier molecular flexibility index (Phi) is 10.4. The molecule has 0 aromatic carbocycles. The van der Waals surface area contributed by atoms with Gasteiger partial charge >= 0.3 is 6.18 Å². The molecule has 2 atom stereocenters. The minimum absolute atomic E-state index is 0.0541. The normalized spacial score (nSPS) is 26.5. The summed E-state index contributed by atoms with van der Waals surface area (Å²) in [6.07, 6.45) is 3.92. The second-order valence-electron chi connectivity index (χ2n) is 10.3. The predicted octanol–water partition coefficient (Wildman–Crippen LogP) is 4.32. The average Bonchev–Trinajstić information content (AvgIpc) is 2.88. The van der Waals surface area contributed by atoms with Crippen molar-refractivity contribution >= 4 is 5.91 Å². The van der Waals surface area contributed by atoms with Gasteiger partial charge in [-0.15, -0.1) is 0 Å². The lowest BCUT2D eigenvalue weighted by Gasteiger charge is -2.38. The first-order valence-electron chi connectivity index (χ1n) is 13.5. The molecule has 3 heterocycles. The van der Waals surface area contributed by atoms with Crippen molar-refractivity contribution in [3.63, 3.8) is 0 Å². The van der Waals surface area contributed by atoms with Crippen LogP contribution < -0.4 is 14.9 Å². The number of hydrogen-bond acceptors (Lipinski definition) is 4. The molecule has 1 aliphatic carbocycles. The Balaban J connectivity index is 0.00000115. The molecule has 204 valence electrons. The molecule has 1 aromatic rings. The number of halogens is 3. The Labute approximate surface area is 213 Å². The Morgan fingerprint density at radius 2 is 1.89 bits per heavy atom. The molecule has 2 aliphatic heterocycles. The summed E-state index contributed by atoms with van der Waals surface area (Å²) in [5.41, 5.74) is 0.443. The van der Waals surface area contributed by atoms with Gasteiger partial charge in [0.2, 0.25) is 17.8 Å². The maximum Gasteiger partial charge on any atom is 0.422 e. The number of aromatic nitrogens is 1. The number of amides is 1. The first-order valence-corrected chi connectivity index (χ1v) is 13.5. The molecule has 0 radical (unpaired) electrons. The van der Waals surface area contributed by atoms with Crippen LogP contribution in [0, 0.1) is 11.8 Å². The number of ether oxygens (including phenoxy) is 1. The molecule has 0 spiro atoms. The van der Waals surface area contributed by atoms with Crippen LogP contribution in [0.15, 0.2) is 12.3 Å². The van der Waals surface area contributed by atoms with Crippen molar-refractivity contribution in [1.29, 1.82) is 0 Å². The van der Waals surface area contributed by atoms with E-state index < -0.39 is 11.7 Å². The highest BCUT2D eigenvalue weighted by Crippen LogP contribution is 2.32. The number of rotatable bonds is 5. The van der Waals surface area contributed by atoms with Gasteiger partial charge in [0.1, 0.15) is 12.7 Å². The van der Waals surface area contributed by atoms with Crippen LogP contribution in [0.2, 0.25) is 0 Å². The van der Waals surface area contributed by atoms with Crippen LogP contribution in [0.25, 0.3) is 0 Å². The van der Waals surface area contributed by atoms with E-state index in [0.29, 0.717) is 42.2 Å². The van der Waals surface area contributed by atoms with Crippen molar-refractivity contribution in [3.8, 4) is 0 Å². The Morgan fingerprint density at radius 1 is 1.19 bits per heavy atom. The Hall–Kier alpha value is -1.87. The van der Waals surface area contributed by atoms with Gasteiger partial charge in [0.25, 0.3) is 0 Å². The molecule has 1 saturated heterocycles. The fraction of sp³-hybridized carbons (Fsp3) is 0.778. The van der Waals surface area contributed by atoms with E-state index >= 15 is 0 Å². The van der Waals surface area contributed by atoms with Gasteiger partial charge in [-0.1, -0.05) is 27.2 Å². The summed E-state index contributed by atoms with van der Waals surface area (Å²) in [5, 5.41) is 3.82. The van der Waals surface area contributed by atoms with E-state index in [0.717, 1.165) is 64.0 Å². The minimum atomic E-state index is -4.46. The molecule has 1 N–H and O–H groups in total. The van der Waals surface area contributed by atoms with Crippen LogP contribution in [-0.4, -0.2) is 49.8 Å². The molecule has 36 heavy (non-hydrogen) atoms. The number of alkyl halides is 3. The number of nitrogens with one attached hydrogen (secondary N) is 1. The number of hydrogen-bond donors (Lipinski definition) is 1. The SMILES string of the molecule is CCC.CC[C@@H]1COCC[C@@H]1NC1CCC(C(=O)N2CCc3c(cc(C(F)(F)F)c[n+]3OC)C2)CC1. The number of nitrogens with zero attached hydrogens (tertiary/aromatic N) is 2. The third-order valence-corrected chi connectivity index (χ3v) is 7.56. The second-order valence-corrected chi connectivity index (χ2v) is 10.3. The van der Waals surface area contributed by atoms with E-state index in [2.05, 4.69) is 26.1 Å². The molecule has 1 amide bonds. The minimum Gasteiger partial charge on any atom is -0.381 e. The van der Waals surface area contributed by atoms with Crippen LogP contribution in [0.4, 0.5) is 13.2 Å². The average molecular weight is 515 g/mol. The topological polar surface area (TPSA) is 54.7 Å². The predicted molar refractivity (Wildman–Crippen MR) is 131 cm³/mol. The molecule has 6 nitrogen and oxygen atoms in total. The van der Waals surface area contributed by atoms with Gasteiger partial charge in [-0.05, 0) is 50.5 Å². The lowest BCUT2D eigenvalue weighted by Crippen LogP contribution is -2.51. The van der Waals surface area contributed by atoms with Crippen molar-refractivity contribution in [2.45, 2.75) is 96.9 Å². The summed E-state index contributed by atoms with van der Waals surface area (Å²) >= 11 is 0. The maximum absolute atomic E-state index is 13.3. The molecule has 1 saturated carbocycles. The highest BCUT2D eigenvalue weighted by Gasteiger charge is 2.39. The summed E-state index contributed by atoms with van der Waals surface area (Å²) in [6.45, 7) is 8.76. The van der Waals surface area contributed by atoms with Crippen LogP contribution >= 0.6 is 0 Å². The zero-order valence-electron chi connectivity index (χ0n) is 22.2. The van der Waals surface area contributed by atoms with Gasteiger partial charge in [0.05, 0.1) is 19.6 Å².